The molecule has 0 spiro atoms. The number of carboxylic acid groups (broad SMARTS) is 1. The maximum atomic E-state index is 11.6. The number of benzene rings is 2. The lowest BCUT2D eigenvalue weighted by Crippen LogP contribution is -2.34. The third-order valence-corrected chi connectivity index (χ3v) is 7.56. The quantitative estimate of drug-likeness (QED) is 0.224. The van der Waals surface area contributed by atoms with E-state index in [9.17, 15) is 24.9 Å². The van der Waals surface area contributed by atoms with Crippen molar-refractivity contribution in [3.63, 3.8) is 0 Å². The summed E-state index contributed by atoms with van der Waals surface area (Å²) in [6, 6.07) is 13.0. The van der Waals surface area contributed by atoms with Gasteiger partial charge >= 0.3 is 11.0 Å². The molecule has 1 amide bonds. The van der Waals surface area contributed by atoms with Crippen molar-refractivity contribution in [2.45, 2.75) is 25.4 Å². The Balaban J connectivity index is 1.33. The van der Waals surface area contributed by atoms with Crippen molar-refractivity contribution in [1.82, 2.24) is 15.2 Å². The van der Waals surface area contributed by atoms with Gasteiger partial charge < -0.3 is 30.5 Å². The van der Waals surface area contributed by atoms with Crippen LogP contribution in [0.15, 0.2) is 47.3 Å². The second-order valence-electron chi connectivity index (χ2n) is 8.12. The molecule has 184 valence electrons. The topological polar surface area (TPSA) is 126 Å². The van der Waals surface area contributed by atoms with Crippen molar-refractivity contribution in [2.75, 3.05) is 37.7 Å². The van der Waals surface area contributed by atoms with Gasteiger partial charge in [0, 0.05) is 37.5 Å². The maximum Gasteiger partial charge on any atom is 0.407 e. The van der Waals surface area contributed by atoms with Crippen LogP contribution >= 0.6 is 23.1 Å². The molecule has 1 heterocycles. The standard InChI is InChI=1S/C24H31N3O5S2/c1-16(17-6-3-2-4-7-17)15-27(24(31)32)11-5-12-33-13-10-25-14-20(29)18-8-9-19(28)21-22(18)34-23(30)26-21/h2-4,6-9,16,20,25,28-29H,5,10-15H2,1H3,(H,26,30)(H,31,32)/t16?,20-/m0/s1. The molecule has 3 rings (SSSR count). The first kappa shape index (κ1) is 26.1. The third kappa shape index (κ3) is 7.23. The van der Waals surface area contributed by atoms with Crippen LogP contribution in [0.4, 0.5) is 4.79 Å². The predicted octanol–water partition coefficient (Wildman–Crippen LogP) is 3.83. The summed E-state index contributed by atoms with van der Waals surface area (Å²) < 4.78 is 0.568. The highest BCUT2D eigenvalue weighted by Gasteiger charge is 2.17. The van der Waals surface area contributed by atoms with E-state index >= 15 is 0 Å². The Morgan fingerprint density at radius 3 is 2.71 bits per heavy atom. The van der Waals surface area contributed by atoms with Gasteiger partial charge in [-0.2, -0.15) is 11.8 Å². The van der Waals surface area contributed by atoms with Crippen LogP contribution in [0, 0.1) is 0 Å². The largest absolute Gasteiger partial charge is 0.506 e. The summed E-state index contributed by atoms with van der Waals surface area (Å²) in [5.41, 5.74) is 2.10. The number of aromatic nitrogens is 1. The Morgan fingerprint density at radius 1 is 1.21 bits per heavy atom. The lowest BCUT2D eigenvalue weighted by atomic mass is 10.0. The fourth-order valence-corrected chi connectivity index (χ4v) is 5.48. The van der Waals surface area contributed by atoms with E-state index in [-0.39, 0.29) is 16.5 Å². The van der Waals surface area contributed by atoms with Gasteiger partial charge in [0.05, 0.1) is 10.8 Å². The van der Waals surface area contributed by atoms with Gasteiger partial charge in [0.25, 0.3) is 0 Å². The number of H-pyrrole nitrogens is 1. The molecule has 1 aromatic heterocycles. The highest BCUT2D eigenvalue weighted by molar-refractivity contribution is 7.99. The summed E-state index contributed by atoms with van der Waals surface area (Å²) in [6.07, 6.45) is -0.909. The van der Waals surface area contributed by atoms with Crippen LogP contribution < -0.4 is 10.2 Å². The Kier molecular flexibility index (Phi) is 9.82. The normalized spacial score (nSPS) is 13.1. The van der Waals surface area contributed by atoms with E-state index in [1.54, 1.807) is 17.8 Å². The lowest BCUT2D eigenvalue weighted by Gasteiger charge is -2.23. The molecular formula is C24H31N3O5S2. The number of phenolic OH excluding ortho intramolecular Hbond substituents is 1. The van der Waals surface area contributed by atoms with Crippen molar-refractivity contribution in [1.29, 1.82) is 0 Å². The third-order valence-electron chi connectivity index (χ3n) is 5.56. The molecule has 8 nitrogen and oxygen atoms in total. The highest BCUT2D eigenvalue weighted by Crippen LogP contribution is 2.31. The van der Waals surface area contributed by atoms with Crippen molar-refractivity contribution in [2.24, 2.45) is 0 Å². The van der Waals surface area contributed by atoms with E-state index in [1.165, 1.54) is 11.0 Å². The van der Waals surface area contributed by atoms with Crippen LogP contribution in [0.1, 0.15) is 36.5 Å². The van der Waals surface area contributed by atoms with E-state index in [4.69, 9.17) is 0 Å². The van der Waals surface area contributed by atoms with Gasteiger partial charge in [0.15, 0.2) is 0 Å². The smallest absolute Gasteiger partial charge is 0.407 e. The zero-order valence-corrected chi connectivity index (χ0v) is 20.7. The molecule has 34 heavy (non-hydrogen) atoms. The fraction of sp³-hybridized carbons (Fsp3) is 0.417. The minimum absolute atomic E-state index is 0.00959. The summed E-state index contributed by atoms with van der Waals surface area (Å²) in [5.74, 6) is 1.82. The molecule has 2 aromatic carbocycles. The number of amides is 1. The first-order valence-electron chi connectivity index (χ1n) is 11.2. The van der Waals surface area contributed by atoms with E-state index in [0.717, 1.165) is 34.8 Å². The fourth-order valence-electron chi connectivity index (χ4n) is 3.74. The van der Waals surface area contributed by atoms with Crippen LogP contribution in [-0.4, -0.2) is 69.0 Å². The van der Waals surface area contributed by atoms with Crippen molar-refractivity contribution >= 4 is 39.4 Å². The van der Waals surface area contributed by atoms with Crippen LogP contribution in [0.3, 0.4) is 0 Å². The second kappa shape index (κ2) is 12.8. The monoisotopic (exact) mass is 505 g/mol. The molecule has 0 radical (unpaired) electrons. The number of nitrogens with one attached hydrogen (secondary N) is 2. The first-order chi connectivity index (χ1) is 16.4. The van der Waals surface area contributed by atoms with E-state index < -0.39 is 12.2 Å². The molecule has 3 aromatic rings. The molecule has 10 heteroatoms. The number of aromatic hydroxyl groups is 1. The molecular weight excluding hydrogens is 474 g/mol. The molecule has 0 fully saturated rings. The van der Waals surface area contributed by atoms with E-state index in [0.29, 0.717) is 42.0 Å². The van der Waals surface area contributed by atoms with Gasteiger partial charge in [-0.3, -0.25) is 4.79 Å². The number of hydrogen-bond donors (Lipinski definition) is 5. The Morgan fingerprint density at radius 2 is 1.97 bits per heavy atom. The number of nitrogens with zero attached hydrogens (tertiary/aromatic N) is 1. The SMILES string of the molecule is CC(CN(CCCSCCNC[C@H](O)c1ccc(O)c2[nH]c(=O)sc12)C(=O)O)c1ccccc1. The summed E-state index contributed by atoms with van der Waals surface area (Å²) in [5, 5.41) is 33.1. The van der Waals surface area contributed by atoms with Crippen molar-refractivity contribution in [3.8, 4) is 5.75 Å². The number of phenols is 1. The summed E-state index contributed by atoms with van der Waals surface area (Å²) in [7, 11) is 0. The minimum Gasteiger partial charge on any atom is -0.506 e. The molecule has 0 aliphatic rings. The number of thioether (sulfide) groups is 1. The first-order valence-corrected chi connectivity index (χ1v) is 13.2. The Labute approximate surface area is 206 Å². The van der Waals surface area contributed by atoms with Crippen molar-refractivity contribution < 1.29 is 20.1 Å². The zero-order valence-electron chi connectivity index (χ0n) is 19.1. The lowest BCUT2D eigenvalue weighted by molar-refractivity contribution is 0.143. The molecule has 0 aliphatic heterocycles. The Bertz CT molecular complexity index is 1120. The van der Waals surface area contributed by atoms with Crippen molar-refractivity contribution in [3.05, 3.63) is 63.3 Å². The molecule has 0 saturated heterocycles. The molecule has 0 aliphatic carbocycles. The van der Waals surface area contributed by atoms with E-state index in [2.05, 4.69) is 10.3 Å². The molecule has 0 saturated carbocycles. The average molecular weight is 506 g/mol. The number of aliphatic hydroxyl groups excluding tert-OH is 1. The number of carbonyl (C=O) groups is 1. The van der Waals surface area contributed by atoms with Crippen LogP contribution in [-0.2, 0) is 0 Å². The summed E-state index contributed by atoms with van der Waals surface area (Å²) in [6.45, 7) is 4.04. The molecule has 5 N–H and O–H groups in total. The number of aliphatic hydroxyl groups is 1. The number of hydrogen-bond acceptors (Lipinski definition) is 7. The van der Waals surface area contributed by atoms with Gasteiger partial charge in [-0.15, -0.1) is 0 Å². The molecule has 0 bridgehead atoms. The number of fused-ring (bicyclic) bond motifs is 1. The molecule has 2 atom stereocenters. The zero-order chi connectivity index (χ0) is 24.5. The highest BCUT2D eigenvalue weighted by atomic mass is 32.2. The average Bonchev–Trinajstić information content (AvgIpc) is 3.22. The maximum absolute atomic E-state index is 11.6. The number of rotatable bonds is 13. The second-order valence-corrected chi connectivity index (χ2v) is 10.3. The van der Waals surface area contributed by atoms with E-state index in [1.807, 2.05) is 37.3 Å². The summed E-state index contributed by atoms with van der Waals surface area (Å²) in [4.78, 5) is 27.0. The summed E-state index contributed by atoms with van der Waals surface area (Å²) >= 11 is 2.71. The minimum atomic E-state index is -0.890. The van der Waals surface area contributed by atoms with Gasteiger partial charge in [-0.05, 0) is 29.7 Å². The van der Waals surface area contributed by atoms with Crippen LogP contribution in [0.5, 0.6) is 5.75 Å². The van der Waals surface area contributed by atoms with Gasteiger partial charge in [0.1, 0.15) is 11.3 Å². The van der Waals surface area contributed by atoms with Gasteiger partial charge in [-0.1, -0.05) is 54.7 Å². The van der Waals surface area contributed by atoms with Gasteiger partial charge in [-0.25, -0.2) is 4.79 Å². The van der Waals surface area contributed by atoms with Gasteiger partial charge in [0.2, 0.25) is 0 Å². The molecule has 1 unspecified atom stereocenters. The number of thiazole rings is 1. The number of aromatic amines is 1. The Hall–Kier alpha value is -2.53. The van der Waals surface area contributed by atoms with Crippen LogP contribution in [0.2, 0.25) is 0 Å². The predicted molar refractivity (Wildman–Crippen MR) is 138 cm³/mol. The van der Waals surface area contributed by atoms with Crippen LogP contribution in [0.25, 0.3) is 10.2 Å².